The number of rotatable bonds is 4. The fraction of sp³-hybridized carbons (Fsp3) is 0.300. The highest BCUT2D eigenvalue weighted by molar-refractivity contribution is 5.91. The third-order valence-electron chi connectivity index (χ3n) is 4.19. The highest BCUT2D eigenvalue weighted by atomic mass is 16.7. The highest BCUT2D eigenvalue weighted by Crippen LogP contribution is 2.34. The number of ether oxygens (including phenoxy) is 2. The normalized spacial score (nSPS) is 16.2. The Balaban J connectivity index is 1.77. The lowest BCUT2D eigenvalue weighted by atomic mass is 9.93. The SMILES string of the molecule is O=C(OC1(OC(=O)c2ccccc2)CCCCC1)c1ccccc1. The number of carbonyl (C=O) groups is 2. The van der Waals surface area contributed by atoms with E-state index in [4.69, 9.17) is 9.47 Å². The summed E-state index contributed by atoms with van der Waals surface area (Å²) in [7, 11) is 0. The second kappa shape index (κ2) is 7.30. The summed E-state index contributed by atoms with van der Waals surface area (Å²) in [5.41, 5.74) is 0.913. The molecule has 1 aliphatic carbocycles. The van der Waals surface area contributed by atoms with Crippen LogP contribution in [0, 0.1) is 0 Å². The average molecular weight is 324 g/mol. The predicted molar refractivity (Wildman–Crippen MR) is 89.5 cm³/mol. The molecule has 0 aliphatic heterocycles. The van der Waals surface area contributed by atoms with Crippen LogP contribution in [0.2, 0.25) is 0 Å². The molecule has 124 valence electrons. The van der Waals surface area contributed by atoms with E-state index in [0.717, 1.165) is 19.3 Å². The molecule has 24 heavy (non-hydrogen) atoms. The van der Waals surface area contributed by atoms with E-state index < -0.39 is 17.7 Å². The maximum absolute atomic E-state index is 12.4. The number of benzene rings is 2. The molecule has 0 unspecified atom stereocenters. The summed E-state index contributed by atoms with van der Waals surface area (Å²) in [6.07, 6.45) is 3.84. The van der Waals surface area contributed by atoms with Crippen molar-refractivity contribution >= 4 is 11.9 Å². The van der Waals surface area contributed by atoms with Gasteiger partial charge in [0.2, 0.25) is 0 Å². The van der Waals surface area contributed by atoms with Crippen LogP contribution < -0.4 is 0 Å². The molecular formula is C20H20O4. The van der Waals surface area contributed by atoms with Crippen molar-refractivity contribution in [2.24, 2.45) is 0 Å². The van der Waals surface area contributed by atoms with E-state index in [-0.39, 0.29) is 0 Å². The molecule has 0 bridgehead atoms. The van der Waals surface area contributed by atoms with E-state index in [1.807, 2.05) is 12.1 Å². The van der Waals surface area contributed by atoms with Crippen molar-refractivity contribution in [2.45, 2.75) is 37.9 Å². The average Bonchev–Trinajstić information content (AvgIpc) is 2.64. The summed E-state index contributed by atoms with van der Waals surface area (Å²) in [5, 5.41) is 0. The molecule has 3 rings (SSSR count). The van der Waals surface area contributed by atoms with Gasteiger partial charge in [-0.15, -0.1) is 0 Å². The van der Waals surface area contributed by atoms with Crippen LogP contribution in [0.4, 0.5) is 0 Å². The molecule has 1 fully saturated rings. The Morgan fingerprint density at radius 2 is 1.08 bits per heavy atom. The van der Waals surface area contributed by atoms with Crippen LogP contribution in [0.5, 0.6) is 0 Å². The summed E-state index contributed by atoms with van der Waals surface area (Å²) >= 11 is 0. The predicted octanol–water partition coefficient (Wildman–Crippen LogP) is 4.36. The molecular weight excluding hydrogens is 304 g/mol. The van der Waals surface area contributed by atoms with Crippen molar-refractivity contribution in [3.05, 3.63) is 71.8 Å². The van der Waals surface area contributed by atoms with Crippen LogP contribution in [0.15, 0.2) is 60.7 Å². The fourth-order valence-corrected chi connectivity index (χ4v) is 2.92. The Hall–Kier alpha value is -2.62. The van der Waals surface area contributed by atoms with E-state index in [1.165, 1.54) is 0 Å². The first-order valence-corrected chi connectivity index (χ1v) is 8.25. The molecule has 0 saturated heterocycles. The molecule has 0 amide bonds. The molecule has 0 radical (unpaired) electrons. The third-order valence-corrected chi connectivity index (χ3v) is 4.19. The van der Waals surface area contributed by atoms with Crippen molar-refractivity contribution < 1.29 is 19.1 Å². The van der Waals surface area contributed by atoms with Crippen LogP contribution in [0.25, 0.3) is 0 Å². The van der Waals surface area contributed by atoms with Crippen molar-refractivity contribution in [3.8, 4) is 0 Å². The summed E-state index contributed by atoms with van der Waals surface area (Å²) in [6.45, 7) is 0. The Morgan fingerprint density at radius 3 is 1.50 bits per heavy atom. The van der Waals surface area contributed by atoms with Crippen LogP contribution in [0.3, 0.4) is 0 Å². The molecule has 0 spiro atoms. The lowest BCUT2D eigenvalue weighted by Crippen LogP contribution is -2.42. The molecule has 0 aromatic heterocycles. The first-order chi connectivity index (χ1) is 11.7. The molecule has 0 heterocycles. The van der Waals surface area contributed by atoms with Crippen molar-refractivity contribution in [1.29, 1.82) is 0 Å². The van der Waals surface area contributed by atoms with Gasteiger partial charge in [-0.3, -0.25) is 0 Å². The van der Waals surface area contributed by atoms with Gasteiger partial charge in [0.15, 0.2) is 0 Å². The molecule has 2 aromatic rings. The maximum atomic E-state index is 12.4. The molecule has 0 atom stereocenters. The highest BCUT2D eigenvalue weighted by Gasteiger charge is 2.40. The number of hydrogen-bond donors (Lipinski definition) is 0. The van der Waals surface area contributed by atoms with Crippen molar-refractivity contribution in [1.82, 2.24) is 0 Å². The number of esters is 2. The van der Waals surface area contributed by atoms with E-state index in [0.29, 0.717) is 24.0 Å². The van der Waals surface area contributed by atoms with Gasteiger partial charge >= 0.3 is 11.9 Å². The van der Waals surface area contributed by atoms with E-state index >= 15 is 0 Å². The van der Waals surface area contributed by atoms with Crippen LogP contribution in [0.1, 0.15) is 52.8 Å². The minimum atomic E-state index is -1.17. The van der Waals surface area contributed by atoms with Gasteiger partial charge in [-0.1, -0.05) is 42.8 Å². The Kier molecular flexibility index (Phi) is 4.94. The van der Waals surface area contributed by atoms with Gasteiger partial charge < -0.3 is 9.47 Å². The molecule has 4 nitrogen and oxygen atoms in total. The minimum absolute atomic E-state index is 0.457. The largest absolute Gasteiger partial charge is 0.419 e. The van der Waals surface area contributed by atoms with Crippen LogP contribution >= 0.6 is 0 Å². The standard InChI is InChI=1S/C20H20O4/c21-18(16-10-4-1-5-11-16)23-20(14-8-3-9-15-20)24-19(22)17-12-6-2-7-13-17/h1-2,4-7,10-13H,3,8-9,14-15H2. The van der Waals surface area contributed by atoms with Gasteiger partial charge in [0.1, 0.15) is 0 Å². The second-order valence-electron chi connectivity index (χ2n) is 5.98. The summed E-state index contributed by atoms with van der Waals surface area (Å²) < 4.78 is 11.4. The van der Waals surface area contributed by atoms with Crippen molar-refractivity contribution in [3.63, 3.8) is 0 Å². The van der Waals surface area contributed by atoms with Gasteiger partial charge in [-0.25, -0.2) is 9.59 Å². The third kappa shape index (κ3) is 3.82. The first-order valence-electron chi connectivity index (χ1n) is 8.25. The number of hydrogen-bond acceptors (Lipinski definition) is 4. The quantitative estimate of drug-likeness (QED) is 0.619. The number of carbonyl (C=O) groups excluding carboxylic acids is 2. The fourth-order valence-electron chi connectivity index (χ4n) is 2.92. The topological polar surface area (TPSA) is 52.6 Å². The minimum Gasteiger partial charge on any atom is -0.419 e. The molecule has 1 saturated carbocycles. The second-order valence-corrected chi connectivity index (χ2v) is 5.98. The lowest BCUT2D eigenvalue weighted by Gasteiger charge is -2.35. The van der Waals surface area contributed by atoms with E-state index in [1.54, 1.807) is 48.5 Å². The first kappa shape index (κ1) is 16.2. The summed E-state index contributed by atoms with van der Waals surface area (Å²) in [6, 6.07) is 17.6. The monoisotopic (exact) mass is 324 g/mol. The summed E-state index contributed by atoms with van der Waals surface area (Å²) in [5.74, 6) is -2.09. The molecule has 4 heteroatoms. The Labute approximate surface area is 141 Å². The van der Waals surface area contributed by atoms with Crippen LogP contribution in [-0.4, -0.2) is 17.7 Å². The molecule has 2 aromatic carbocycles. The smallest absolute Gasteiger partial charge is 0.341 e. The summed E-state index contributed by atoms with van der Waals surface area (Å²) in [4.78, 5) is 24.8. The van der Waals surface area contributed by atoms with E-state index in [2.05, 4.69) is 0 Å². The maximum Gasteiger partial charge on any atom is 0.341 e. The van der Waals surface area contributed by atoms with Gasteiger partial charge in [0, 0.05) is 12.8 Å². The zero-order valence-electron chi connectivity index (χ0n) is 13.4. The molecule has 0 N–H and O–H groups in total. The Bertz CT molecular complexity index is 633. The molecule has 1 aliphatic rings. The lowest BCUT2D eigenvalue weighted by molar-refractivity contribution is -0.186. The zero-order valence-corrected chi connectivity index (χ0v) is 13.4. The Morgan fingerprint density at radius 1 is 0.667 bits per heavy atom. The van der Waals surface area contributed by atoms with Gasteiger partial charge in [-0.2, -0.15) is 0 Å². The zero-order chi connectivity index (χ0) is 16.8. The van der Waals surface area contributed by atoms with Gasteiger partial charge in [0.05, 0.1) is 11.1 Å². The van der Waals surface area contributed by atoms with E-state index in [9.17, 15) is 9.59 Å². The van der Waals surface area contributed by atoms with Crippen LogP contribution in [-0.2, 0) is 9.47 Å². The van der Waals surface area contributed by atoms with Gasteiger partial charge in [-0.05, 0) is 37.1 Å². The van der Waals surface area contributed by atoms with Crippen molar-refractivity contribution in [2.75, 3.05) is 0 Å². The van der Waals surface area contributed by atoms with Gasteiger partial charge in [0.25, 0.3) is 5.79 Å².